The van der Waals surface area contributed by atoms with Gasteiger partial charge in [0.15, 0.2) is 17.3 Å². The number of imide groups is 1. The second-order valence-electron chi connectivity index (χ2n) is 8.55. The number of allylic oxidation sites excluding steroid dienone is 1. The average molecular weight is 671 g/mol. The number of carbonyl (C=O) groups excluding carboxylic acids is 3. The van der Waals surface area contributed by atoms with E-state index in [2.05, 4.69) is 38.4 Å². The van der Waals surface area contributed by atoms with Gasteiger partial charge in [0.1, 0.15) is 6.61 Å². The van der Waals surface area contributed by atoms with E-state index in [-0.39, 0.29) is 17.2 Å². The van der Waals surface area contributed by atoms with Crippen LogP contribution in [0.3, 0.4) is 0 Å². The van der Waals surface area contributed by atoms with Crippen LogP contribution in [0, 0.1) is 0 Å². The Labute approximate surface area is 248 Å². The van der Waals surface area contributed by atoms with Gasteiger partial charge < -0.3 is 9.47 Å². The standard InChI is InChI=1S/C30H25Br2NO5S/c1-3-5-22-14-20(15-26(37-4-2)28(22)38-18-19-6-10-23(31)11-7-19)16-27-29(35)33(30(36)39-27)17-25(34)21-8-12-24(32)13-9-21/h3,6-16H,1,4-5,17-18H2,2H3/b27-16-. The first-order valence-corrected chi connectivity index (χ1v) is 14.5. The van der Waals surface area contributed by atoms with E-state index in [1.54, 1.807) is 42.5 Å². The number of nitrogens with zero attached hydrogens (tertiary/aromatic N) is 1. The molecule has 3 aromatic rings. The van der Waals surface area contributed by atoms with Gasteiger partial charge in [0.2, 0.25) is 0 Å². The molecule has 1 heterocycles. The van der Waals surface area contributed by atoms with Crippen LogP contribution in [0.2, 0.25) is 0 Å². The van der Waals surface area contributed by atoms with E-state index in [0.29, 0.717) is 42.3 Å². The minimum Gasteiger partial charge on any atom is -0.490 e. The number of Topliss-reactive ketones (excluding diaryl/α,β-unsaturated/α-hetero) is 1. The molecule has 0 N–H and O–H groups in total. The van der Waals surface area contributed by atoms with Crippen LogP contribution in [0.25, 0.3) is 6.08 Å². The predicted molar refractivity (Wildman–Crippen MR) is 161 cm³/mol. The van der Waals surface area contributed by atoms with Crippen LogP contribution in [0.5, 0.6) is 11.5 Å². The van der Waals surface area contributed by atoms with Gasteiger partial charge in [0.05, 0.1) is 18.1 Å². The second-order valence-corrected chi connectivity index (χ2v) is 11.4. The van der Waals surface area contributed by atoms with Crippen molar-refractivity contribution in [1.29, 1.82) is 0 Å². The maximum absolute atomic E-state index is 13.1. The molecule has 0 aromatic heterocycles. The fraction of sp³-hybridized carbons (Fsp3) is 0.167. The molecule has 0 saturated carbocycles. The van der Waals surface area contributed by atoms with E-state index in [1.807, 2.05) is 37.3 Å². The zero-order valence-electron chi connectivity index (χ0n) is 21.1. The Kier molecular flexibility index (Phi) is 9.83. The van der Waals surface area contributed by atoms with Gasteiger partial charge in [-0.25, -0.2) is 0 Å². The highest BCUT2D eigenvalue weighted by atomic mass is 79.9. The van der Waals surface area contributed by atoms with Crippen LogP contribution in [-0.2, 0) is 17.8 Å². The van der Waals surface area contributed by atoms with Crippen molar-refractivity contribution in [2.75, 3.05) is 13.2 Å². The van der Waals surface area contributed by atoms with Crippen LogP contribution in [-0.4, -0.2) is 35.0 Å². The topological polar surface area (TPSA) is 72.9 Å². The third-order valence-electron chi connectivity index (χ3n) is 5.75. The molecule has 0 atom stereocenters. The largest absolute Gasteiger partial charge is 0.490 e. The van der Waals surface area contributed by atoms with Gasteiger partial charge >= 0.3 is 0 Å². The van der Waals surface area contributed by atoms with Crippen molar-refractivity contribution in [2.45, 2.75) is 20.0 Å². The first-order chi connectivity index (χ1) is 18.8. The molecule has 1 fully saturated rings. The fourth-order valence-corrected chi connectivity index (χ4v) is 5.26. The number of hydrogen-bond donors (Lipinski definition) is 0. The summed E-state index contributed by atoms with van der Waals surface area (Å²) in [4.78, 5) is 39.6. The van der Waals surface area contributed by atoms with Gasteiger partial charge in [0.25, 0.3) is 11.1 Å². The summed E-state index contributed by atoms with van der Waals surface area (Å²) in [6.45, 7) is 6.19. The number of hydrogen-bond acceptors (Lipinski definition) is 6. The average Bonchev–Trinajstić information content (AvgIpc) is 3.17. The molecule has 0 radical (unpaired) electrons. The molecule has 2 amide bonds. The van der Waals surface area contributed by atoms with Gasteiger partial charge in [-0.3, -0.25) is 19.3 Å². The van der Waals surface area contributed by atoms with Crippen molar-refractivity contribution in [2.24, 2.45) is 0 Å². The quantitative estimate of drug-likeness (QED) is 0.118. The molecule has 6 nitrogen and oxygen atoms in total. The number of amides is 2. The molecule has 1 aliphatic heterocycles. The lowest BCUT2D eigenvalue weighted by Crippen LogP contribution is -2.33. The summed E-state index contributed by atoms with van der Waals surface area (Å²) >= 11 is 7.58. The lowest BCUT2D eigenvalue weighted by atomic mass is 10.0. The van der Waals surface area contributed by atoms with Gasteiger partial charge in [-0.15, -0.1) is 6.58 Å². The van der Waals surface area contributed by atoms with Gasteiger partial charge in [-0.2, -0.15) is 0 Å². The minimum absolute atomic E-state index is 0.235. The first kappa shape index (κ1) is 28.9. The van der Waals surface area contributed by atoms with Crippen molar-refractivity contribution in [3.05, 3.63) is 109 Å². The first-order valence-electron chi connectivity index (χ1n) is 12.1. The summed E-state index contributed by atoms with van der Waals surface area (Å²) in [5.41, 5.74) is 2.94. The Bertz CT molecular complexity index is 1430. The SMILES string of the molecule is C=CCc1cc(/C=C2\SC(=O)N(CC(=O)c3ccc(Br)cc3)C2=O)cc(OCC)c1OCc1ccc(Br)cc1. The molecule has 0 aliphatic carbocycles. The monoisotopic (exact) mass is 669 g/mol. The van der Waals surface area contributed by atoms with E-state index in [0.717, 1.165) is 36.7 Å². The van der Waals surface area contributed by atoms with Crippen molar-refractivity contribution in [1.82, 2.24) is 4.90 Å². The molecule has 0 spiro atoms. The van der Waals surface area contributed by atoms with E-state index in [9.17, 15) is 14.4 Å². The molecular weight excluding hydrogens is 646 g/mol. The molecule has 0 bridgehead atoms. The van der Waals surface area contributed by atoms with Crippen LogP contribution in [0.1, 0.15) is 34.0 Å². The molecule has 1 saturated heterocycles. The molecule has 200 valence electrons. The molecular formula is C30H25Br2NO5S. The van der Waals surface area contributed by atoms with Crippen LogP contribution in [0.4, 0.5) is 4.79 Å². The van der Waals surface area contributed by atoms with E-state index >= 15 is 0 Å². The summed E-state index contributed by atoms with van der Waals surface area (Å²) in [6, 6.07) is 18.3. The fourth-order valence-electron chi connectivity index (χ4n) is 3.90. The molecule has 3 aromatic carbocycles. The summed E-state index contributed by atoms with van der Waals surface area (Å²) in [5.74, 6) is 0.314. The third-order valence-corrected chi connectivity index (χ3v) is 7.72. The van der Waals surface area contributed by atoms with E-state index in [1.165, 1.54) is 0 Å². The van der Waals surface area contributed by atoms with Crippen molar-refractivity contribution < 1.29 is 23.9 Å². The number of ketones is 1. The van der Waals surface area contributed by atoms with Crippen LogP contribution >= 0.6 is 43.6 Å². The second kappa shape index (κ2) is 13.3. The predicted octanol–water partition coefficient (Wildman–Crippen LogP) is 7.84. The number of rotatable bonds is 11. The third kappa shape index (κ3) is 7.29. The van der Waals surface area contributed by atoms with Crippen molar-refractivity contribution in [3.8, 4) is 11.5 Å². The Morgan fingerprint density at radius 1 is 1.00 bits per heavy atom. The molecule has 9 heteroatoms. The highest BCUT2D eigenvalue weighted by molar-refractivity contribution is 9.10. The summed E-state index contributed by atoms with van der Waals surface area (Å²) in [5, 5.41) is -0.484. The summed E-state index contributed by atoms with van der Waals surface area (Å²) < 4.78 is 13.9. The Morgan fingerprint density at radius 2 is 1.67 bits per heavy atom. The number of carbonyl (C=O) groups is 3. The Hall–Kier alpha value is -3.14. The van der Waals surface area contributed by atoms with Crippen molar-refractivity contribution >= 4 is 66.6 Å². The van der Waals surface area contributed by atoms with E-state index < -0.39 is 11.1 Å². The highest BCUT2D eigenvalue weighted by Crippen LogP contribution is 2.38. The number of thioether (sulfide) groups is 1. The van der Waals surface area contributed by atoms with Gasteiger partial charge in [-0.05, 0) is 78.7 Å². The molecule has 39 heavy (non-hydrogen) atoms. The summed E-state index contributed by atoms with van der Waals surface area (Å²) in [7, 11) is 0. The molecule has 0 unspecified atom stereocenters. The Balaban J connectivity index is 1.58. The van der Waals surface area contributed by atoms with Crippen LogP contribution in [0.15, 0.2) is 87.2 Å². The lowest BCUT2D eigenvalue weighted by Gasteiger charge is -2.17. The smallest absolute Gasteiger partial charge is 0.293 e. The highest BCUT2D eigenvalue weighted by Gasteiger charge is 2.36. The number of benzene rings is 3. The number of ether oxygens (including phenoxy) is 2. The van der Waals surface area contributed by atoms with Gasteiger partial charge in [0, 0.05) is 20.1 Å². The maximum atomic E-state index is 13.1. The van der Waals surface area contributed by atoms with Crippen molar-refractivity contribution in [3.63, 3.8) is 0 Å². The molecule has 1 aliphatic rings. The normalized spacial score (nSPS) is 14.1. The zero-order chi connectivity index (χ0) is 27.9. The number of halogens is 2. The van der Waals surface area contributed by atoms with E-state index in [4.69, 9.17) is 9.47 Å². The minimum atomic E-state index is -0.505. The Morgan fingerprint density at radius 3 is 2.31 bits per heavy atom. The van der Waals surface area contributed by atoms with Crippen LogP contribution < -0.4 is 9.47 Å². The lowest BCUT2D eigenvalue weighted by molar-refractivity contribution is -0.122. The maximum Gasteiger partial charge on any atom is 0.293 e. The zero-order valence-corrected chi connectivity index (χ0v) is 25.1. The van der Waals surface area contributed by atoms with Gasteiger partial charge in [-0.1, -0.05) is 62.2 Å². The summed E-state index contributed by atoms with van der Waals surface area (Å²) in [6.07, 6.45) is 3.92. The molecule has 4 rings (SSSR count).